The van der Waals surface area contributed by atoms with E-state index in [9.17, 15) is 0 Å². The molecule has 1 aliphatic heterocycles. The maximum atomic E-state index is 5.50. The van der Waals surface area contributed by atoms with Crippen LogP contribution in [0.3, 0.4) is 0 Å². The molecule has 1 fully saturated rings. The molecule has 36 heavy (non-hydrogen) atoms. The minimum absolute atomic E-state index is 0.853. The predicted molar refractivity (Wildman–Crippen MR) is 152 cm³/mol. The minimum Gasteiger partial charge on any atom is -0.379 e. The summed E-state index contributed by atoms with van der Waals surface area (Å²) in [7, 11) is 6.18. The number of ether oxygens (including phenoxy) is 1. The second-order valence-electron chi connectivity index (χ2n) is 9.42. The smallest absolute Gasteiger partial charge is 0.145 e. The number of aromatic nitrogens is 2. The summed E-state index contributed by atoms with van der Waals surface area (Å²) >= 11 is 1.67. The fourth-order valence-electron chi connectivity index (χ4n) is 4.77. The summed E-state index contributed by atoms with van der Waals surface area (Å²) in [6.45, 7) is 4.90. The van der Waals surface area contributed by atoms with E-state index in [1.54, 1.807) is 12.1 Å². The van der Waals surface area contributed by atoms with Crippen molar-refractivity contribution in [1.29, 1.82) is 0 Å². The zero-order chi connectivity index (χ0) is 24.9. The van der Waals surface area contributed by atoms with Gasteiger partial charge in [0.2, 0.25) is 0 Å². The molecule has 0 amide bonds. The molecule has 0 atom stereocenters. The average Bonchev–Trinajstić information content (AvgIpc) is 3.27. The molecule has 0 aliphatic carbocycles. The van der Waals surface area contributed by atoms with Gasteiger partial charge in [-0.2, -0.15) is 0 Å². The van der Waals surface area contributed by atoms with E-state index in [0.717, 1.165) is 74.0 Å². The highest BCUT2D eigenvalue weighted by Gasteiger charge is 2.15. The van der Waals surface area contributed by atoms with E-state index >= 15 is 0 Å². The van der Waals surface area contributed by atoms with Gasteiger partial charge in [0.15, 0.2) is 0 Å². The summed E-state index contributed by atoms with van der Waals surface area (Å²) in [6, 6.07) is 23.6. The van der Waals surface area contributed by atoms with E-state index in [4.69, 9.17) is 9.72 Å². The highest BCUT2D eigenvalue weighted by molar-refractivity contribution is 7.98. The van der Waals surface area contributed by atoms with Crippen LogP contribution in [-0.4, -0.2) is 72.7 Å². The van der Waals surface area contributed by atoms with Gasteiger partial charge in [0.05, 0.1) is 18.9 Å². The largest absolute Gasteiger partial charge is 0.379 e. The molecule has 3 heterocycles. The van der Waals surface area contributed by atoms with Crippen LogP contribution in [0, 0.1) is 0 Å². The van der Waals surface area contributed by atoms with Gasteiger partial charge < -0.3 is 13.6 Å². The lowest BCUT2D eigenvalue weighted by molar-refractivity contribution is 0.0375. The molecule has 0 N–H and O–H groups in total. The van der Waals surface area contributed by atoms with Gasteiger partial charge in [-0.15, -0.1) is 0 Å². The van der Waals surface area contributed by atoms with Crippen LogP contribution in [0.5, 0.6) is 0 Å². The standard InChI is InChI=1S/C29H35N5OS/c1-31(2)36-32(3)25-13-11-23(12-14-25)28-16-15-27-24(8-7-17-33-18-20-35-21-19-33)22-34(29(27)30-28)26-9-5-4-6-10-26/h4-6,9-16,22H,7-8,17-21H2,1-3H3. The number of anilines is 1. The molecule has 1 saturated heterocycles. The number of rotatable bonds is 9. The molecule has 0 radical (unpaired) electrons. The van der Waals surface area contributed by atoms with Crippen LogP contribution in [0.4, 0.5) is 5.69 Å². The van der Waals surface area contributed by atoms with E-state index in [2.05, 4.69) is 98.1 Å². The molecular weight excluding hydrogens is 466 g/mol. The summed E-state index contributed by atoms with van der Waals surface area (Å²) in [5, 5.41) is 1.24. The van der Waals surface area contributed by atoms with Crippen molar-refractivity contribution in [3.05, 3.63) is 78.5 Å². The number of para-hydroxylation sites is 1. The zero-order valence-corrected chi connectivity index (χ0v) is 22.2. The van der Waals surface area contributed by atoms with Crippen LogP contribution in [0.15, 0.2) is 72.9 Å². The van der Waals surface area contributed by atoms with Crippen LogP contribution in [0.2, 0.25) is 0 Å². The van der Waals surface area contributed by atoms with Gasteiger partial charge in [-0.1, -0.05) is 30.3 Å². The number of hydrogen-bond donors (Lipinski definition) is 0. The fourth-order valence-corrected chi connectivity index (χ4v) is 5.47. The van der Waals surface area contributed by atoms with Gasteiger partial charge in [-0.3, -0.25) is 4.90 Å². The van der Waals surface area contributed by atoms with Gasteiger partial charge in [-0.25, -0.2) is 9.29 Å². The van der Waals surface area contributed by atoms with Crippen LogP contribution in [0.25, 0.3) is 28.0 Å². The minimum atomic E-state index is 0.853. The number of aryl methyl sites for hydroxylation is 1. The van der Waals surface area contributed by atoms with Crippen molar-refractivity contribution in [2.75, 3.05) is 58.3 Å². The average molecular weight is 502 g/mol. The molecule has 0 saturated carbocycles. The van der Waals surface area contributed by atoms with Gasteiger partial charge in [0.25, 0.3) is 0 Å². The molecule has 0 bridgehead atoms. The Morgan fingerprint density at radius 2 is 1.67 bits per heavy atom. The van der Waals surface area contributed by atoms with Gasteiger partial charge in [-0.05, 0) is 75.4 Å². The van der Waals surface area contributed by atoms with E-state index in [1.807, 2.05) is 14.1 Å². The third-order valence-corrected chi connectivity index (χ3v) is 7.39. The number of morpholine rings is 1. The van der Waals surface area contributed by atoms with Crippen LogP contribution >= 0.6 is 12.1 Å². The first-order valence-electron chi connectivity index (χ1n) is 12.6. The third kappa shape index (κ3) is 5.76. The van der Waals surface area contributed by atoms with Crippen LogP contribution in [0.1, 0.15) is 12.0 Å². The Hall–Kier alpha value is -2.84. The molecule has 4 aromatic rings. The fraction of sp³-hybridized carbons (Fsp3) is 0.345. The summed E-state index contributed by atoms with van der Waals surface area (Å²) < 4.78 is 12.0. The number of nitrogens with zero attached hydrogens (tertiary/aromatic N) is 5. The molecule has 6 nitrogen and oxygen atoms in total. The molecule has 7 heteroatoms. The first kappa shape index (κ1) is 24.8. The third-order valence-electron chi connectivity index (χ3n) is 6.61. The first-order valence-corrected chi connectivity index (χ1v) is 13.4. The maximum absolute atomic E-state index is 5.50. The monoisotopic (exact) mass is 501 g/mol. The lowest BCUT2D eigenvalue weighted by Gasteiger charge is -2.26. The van der Waals surface area contributed by atoms with E-state index < -0.39 is 0 Å². The lowest BCUT2D eigenvalue weighted by Crippen LogP contribution is -2.36. The number of hydrogen-bond acceptors (Lipinski definition) is 6. The lowest BCUT2D eigenvalue weighted by atomic mass is 10.1. The zero-order valence-electron chi connectivity index (χ0n) is 21.4. The quantitative estimate of drug-likeness (QED) is 0.281. The highest BCUT2D eigenvalue weighted by atomic mass is 32.2. The van der Waals surface area contributed by atoms with Crippen molar-refractivity contribution in [2.24, 2.45) is 0 Å². The Morgan fingerprint density at radius 3 is 2.39 bits per heavy atom. The SMILES string of the molecule is CN(C)SN(C)c1ccc(-c2ccc3c(CCCN4CCOCC4)cn(-c4ccccc4)c3n2)cc1. The topological polar surface area (TPSA) is 36.8 Å². The predicted octanol–water partition coefficient (Wildman–Crippen LogP) is 5.52. The molecule has 2 aromatic carbocycles. The highest BCUT2D eigenvalue weighted by Crippen LogP contribution is 2.30. The van der Waals surface area contributed by atoms with Gasteiger partial charge in [0.1, 0.15) is 5.65 Å². The van der Waals surface area contributed by atoms with Crippen LogP contribution < -0.4 is 4.31 Å². The second kappa shape index (κ2) is 11.5. The molecule has 188 valence electrons. The number of fused-ring (bicyclic) bond motifs is 1. The Balaban J connectivity index is 1.42. The summed E-state index contributed by atoms with van der Waals surface area (Å²) in [4.78, 5) is 7.68. The van der Waals surface area contributed by atoms with E-state index in [-0.39, 0.29) is 0 Å². The second-order valence-corrected chi connectivity index (χ2v) is 10.9. The Bertz CT molecular complexity index is 1270. The van der Waals surface area contributed by atoms with Crippen molar-refractivity contribution in [1.82, 2.24) is 18.8 Å². The summed E-state index contributed by atoms with van der Waals surface area (Å²) in [5.41, 5.74) is 6.80. The van der Waals surface area contributed by atoms with E-state index in [0.29, 0.717) is 0 Å². The summed E-state index contributed by atoms with van der Waals surface area (Å²) in [6.07, 6.45) is 4.46. The van der Waals surface area contributed by atoms with E-state index in [1.165, 1.54) is 10.9 Å². The van der Waals surface area contributed by atoms with Crippen molar-refractivity contribution < 1.29 is 4.74 Å². The Morgan fingerprint density at radius 1 is 0.917 bits per heavy atom. The normalized spacial score (nSPS) is 14.6. The van der Waals surface area contributed by atoms with Gasteiger partial charge >= 0.3 is 0 Å². The first-order chi connectivity index (χ1) is 17.6. The maximum Gasteiger partial charge on any atom is 0.145 e. The number of benzene rings is 2. The molecule has 0 unspecified atom stereocenters. The van der Waals surface area contributed by atoms with Crippen molar-refractivity contribution in [3.8, 4) is 16.9 Å². The molecule has 2 aromatic heterocycles. The molecule has 1 aliphatic rings. The summed E-state index contributed by atoms with van der Waals surface area (Å²) in [5.74, 6) is 0. The Labute approximate surface area is 218 Å². The Kier molecular flexibility index (Phi) is 7.92. The van der Waals surface area contributed by atoms with Crippen molar-refractivity contribution in [3.63, 3.8) is 0 Å². The van der Waals surface area contributed by atoms with Crippen molar-refractivity contribution >= 4 is 28.9 Å². The molecule has 5 rings (SSSR count). The molecular formula is C29H35N5OS. The van der Waals surface area contributed by atoms with Crippen LogP contribution in [-0.2, 0) is 11.2 Å². The molecule has 0 spiro atoms. The number of pyridine rings is 1. The van der Waals surface area contributed by atoms with Gasteiger partial charge in [0, 0.05) is 60.8 Å². The van der Waals surface area contributed by atoms with Crippen molar-refractivity contribution in [2.45, 2.75) is 12.8 Å².